The third-order valence-electron chi connectivity index (χ3n) is 4.60. The molecular weight excluding hydrogens is 362 g/mol. The van der Waals surface area contributed by atoms with Crippen LogP contribution in [0.2, 0.25) is 0 Å². The molecule has 2 amide bonds. The number of nitro groups is 1. The summed E-state index contributed by atoms with van der Waals surface area (Å²) < 4.78 is 4.91. The minimum atomic E-state index is -0.841. The lowest BCUT2D eigenvalue weighted by Crippen LogP contribution is -2.47. The van der Waals surface area contributed by atoms with Crippen LogP contribution in [-0.4, -0.2) is 28.9 Å². The summed E-state index contributed by atoms with van der Waals surface area (Å²) in [4.78, 5) is 37.3. The second kappa shape index (κ2) is 7.91. The number of amides is 2. The van der Waals surface area contributed by atoms with E-state index in [1.165, 1.54) is 30.2 Å². The molecule has 0 saturated carbocycles. The molecule has 1 aliphatic heterocycles. The molecule has 1 atom stereocenters. The van der Waals surface area contributed by atoms with Gasteiger partial charge < -0.3 is 10.1 Å². The highest BCUT2D eigenvalue weighted by Crippen LogP contribution is 2.33. The lowest BCUT2D eigenvalue weighted by molar-refractivity contribution is -0.384. The zero-order chi connectivity index (χ0) is 20.3. The standard InChI is InChI=1S/C20H19N3O5/c1-13-17(19(24)28-2)18(15-9-6-10-16(11-15)23(26)27)21-20(25)22(13)12-14-7-4-3-5-8-14/h3-11,18H,12H2,1-2H3,(H,21,25)/t18-/m0/s1. The normalized spacial score (nSPS) is 16.6. The Kier molecular flexibility index (Phi) is 5.39. The van der Waals surface area contributed by atoms with E-state index in [0.717, 1.165) is 5.56 Å². The quantitative estimate of drug-likeness (QED) is 0.486. The van der Waals surface area contributed by atoms with E-state index in [9.17, 15) is 19.7 Å². The smallest absolute Gasteiger partial charge is 0.337 e. The van der Waals surface area contributed by atoms with Gasteiger partial charge in [-0.05, 0) is 18.1 Å². The minimum Gasteiger partial charge on any atom is -0.466 e. The van der Waals surface area contributed by atoms with Crippen molar-refractivity contribution in [3.63, 3.8) is 0 Å². The predicted molar refractivity (Wildman–Crippen MR) is 101 cm³/mol. The number of carbonyl (C=O) groups excluding carboxylic acids is 2. The predicted octanol–water partition coefficient (Wildman–Crippen LogP) is 3.31. The Morgan fingerprint density at radius 3 is 2.57 bits per heavy atom. The Balaban J connectivity index is 2.05. The first-order valence-electron chi connectivity index (χ1n) is 8.57. The molecule has 8 nitrogen and oxygen atoms in total. The molecule has 2 aromatic carbocycles. The zero-order valence-corrected chi connectivity index (χ0v) is 15.4. The van der Waals surface area contributed by atoms with Crippen molar-refractivity contribution in [1.29, 1.82) is 0 Å². The summed E-state index contributed by atoms with van der Waals surface area (Å²) in [5, 5.41) is 13.9. The van der Waals surface area contributed by atoms with E-state index in [0.29, 0.717) is 11.3 Å². The van der Waals surface area contributed by atoms with Crippen molar-refractivity contribution in [2.24, 2.45) is 0 Å². The molecule has 144 valence electrons. The van der Waals surface area contributed by atoms with Crippen LogP contribution in [-0.2, 0) is 16.1 Å². The van der Waals surface area contributed by atoms with Gasteiger partial charge in [0, 0.05) is 17.8 Å². The van der Waals surface area contributed by atoms with Crippen LogP contribution < -0.4 is 5.32 Å². The second-order valence-electron chi connectivity index (χ2n) is 6.30. The highest BCUT2D eigenvalue weighted by atomic mass is 16.6. The van der Waals surface area contributed by atoms with Crippen LogP contribution in [0.4, 0.5) is 10.5 Å². The molecule has 3 rings (SSSR count). The molecule has 0 aromatic heterocycles. The number of urea groups is 1. The van der Waals surface area contributed by atoms with Crippen molar-refractivity contribution in [2.45, 2.75) is 19.5 Å². The van der Waals surface area contributed by atoms with E-state index in [4.69, 9.17) is 4.74 Å². The van der Waals surface area contributed by atoms with Gasteiger partial charge in [-0.1, -0.05) is 42.5 Å². The first-order chi connectivity index (χ1) is 13.4. The fourth-order valence-corrected chi connectivity index (χ4v) is 3.18. The Bertz CT molecular complexity index is 955. The lowest BCUT2D eigenvalue weighted by atomic mass is 9.94. The first kappa shape index (κ1) is 19.1. The van der Waals surface area contributed by atoms with Crippen LogP contribution in [0, 0.1) is 10.1 Å². The number of nitrogens with zero attached hydrogens (tertiary/aromatic N) is 2. The number of hydrogen-bond acceptors (Lipinski definition) is 5. The molecule has 0 unspecified atom stereocenters. The monoisotopic (exact) mass is 381 g/mol. The van der Waals surface area contributed by atoms with Crippen LogP contribution in [0.15, 0.2) is 65.9 Å². The summed E-state index contributed by atoms with van der Waals surface area (Å²) in [5.74, 6) is -0.605. The number of allylic oxidation sites excluding steroid dienone is 1. The number of non-ortho nitro benzene ring substituents is 1. The van der Waals surface area contributed by atoms with Crippen LogP contribution >= 0.6 is 0 Å². The highest BCUT2D eigenvalue weighted by molar-refractivity contribution is 5.95. The summed E-state index contributed by atoms with van der Waals surface area (Å²) in [5.41, 5.74) is 1.88. The molecule has 28 heavy (non-hydrogen) atoms. The van der Waals surface area contributed by atoms with Gasteiger partial charge >= 0.3 is 12.0 Å². The second-order valence-corrected chi connectivity index (χ2v) is 6.30. The Hall–Kier alpha value is -3.68. The molecular formula is C20H19N3O5. The van der Waals surface area contributed by atoms with Gasteiger partial charge in [-0.25, -0.2) is 9.59 Å². The Morgan fingerprint density at radius 1 is 1.21 bits per heavy atom. The van der Waals surface area contributed by atoms with E-state index in [1.54, 1.807) is 13.0 Å². The molecule has 0 aliphatic carbocycles. The van der Waals surface area contributed by atoms with Gasteiger partial charge in [-0.15, -0.1) is 0 Å². The SMILES string of the molecule is COC(=O)C1=C(C)N(Cc2ccccc2)C(=O)N[C@H]1c1cccc([N+](=O)[O-])c1. The maximum atomic E-state index is 12.8. The molecule has 0 saturated heterocycles. The largest absolute Gasteiger partial charge is 0.466 e. The van der Waals surface area contributed by atoms with E-state index in [-0.39, 0.29) is 17.8 Å². The van der Waals surface area contributed by atoms with Crippen LogP contribution in [0.25, 0.3) is 0 Å². The molecule has 0 bridgehead atoms. The van der Waals surface area contributed by atoms with Gasteiger partial charge in [0.15, 0.2) is 0 Å². The first-order valence-corrected chi connectivity index (χ1v) is 8.57. The average Bonchev–Trinajstić information content (AvgIpc) is 2.71. The number of nitrogens with one attached hydrogen (secondary N) is 1. The van der Waals surface area contributed by atoms with Gasteiger partial charge in [0.25, 0.3) is 5.69 Å². The van der Waals surface area contributed by atoms with Gasteiger partial charge in [0.05, 0.1) is 30.2 Å². The zero-order valence-electron chi connectivity index (χ0n) is 15.4. The number of methoxy groups -OCH3 is 1. The molecule has 0 fully saturated rings. The highest BCUT2D eigenvalue weighted by Gasteiger charge is 2.36. The van der Waals surface area contributed by atoms with E-state index in [1.807, 2.05) is 30.3 Å². The number of nitro benzene ring substituents is 1. The minimum absolute atomic E-state index is 0.125. The van der Waals surface area contributed by atoms with E-state index >= 15 is 0 Å². The molecule has 0 spiro atoms. The number of hydrogen-bond donors (Lipinski definition) is 1. The van der Waals surface area contributed by atoms with Crippen molar-refractivity contribution in [3.05, 3.63) is 87.1 Å². The molecule has 8 heteroatoms. The maximum Gasteiger partial charge on any atom is 0.337 e. The van der Waals surface area contributed by atoms with Crippen molar-refractivity contribution < 1.29 is 19.2 Å². The summed E-state index contributed by atoms with van der Waals surface area (Å²) in [6, 6.07) is 14.0. The van der Waals surface area contributed by atoms with Gasteiger partial charge in [-0.3, -0.25) is 15.0 Å². The van der Waals surface area contributed by atoms with E-state index in [2.05, 4.69) is 5.32 Å². The molecule has 1 N–H and O–H groups in total. The summed E-state index contributed by atoms with van der Waals surface area (Å²) >= 11 is 0. The van der Waals surface area contributed by atoms with Gasteiger partial charge in [0.1, 0.15) is 0 Å². The molecule has 2 aromatic rings. The molecule has 1 aliphatic rings. The van der Waals surface area contributed by atoms with Crippen molar-refractivity contribution in [1.82, 2.24) is 10.2 Å². The summed E-state index contributed by atoms with van der Waals surface area (Å²) in [6.07, 6.45) is 0. The number of benzene rings is 2. The van der Waals surface area contributed by atoms with Crippen molar-refractivity contribution >= 4 is 17.7 Å². The van der Waals surface area contributed by atoms with Crippen LogP contribution in [0.3, 0.4) is 0 Å². The third-order valence-corrected chi connectivity index (χ3v) is 4.60. The number of rotatable bonds is 5. The fourth-order valence-electron chi connectivity index (χ4n) is 3.18. The molecule has 0 radical (unpaired) electrons. The van der Waals surface area contributed by atoms with Gasteiger partial charge in [0.2, 0.25) is 0 Å². The number of ether oxygens (including phenoxy) is 1. The summed E-state index contributed by atoms with van der Waals surface area (Å²) in [6.45, 7) is 1.94. The van der Waals surface area contributed by atoms with Crippen LogP contribution in [0.1, 0.15) is 24.1 Å². The van der Waals surface area contributed by atoms with E-state index < -0.39 is 23.0 Å². The Labute approximate surface area is 161 Å². The average molecular weight is 381 g/mol. The Morgan fingerprint density at radius 2 is 1.93 bits per heavy atom. The fraction of sp³-hybridized carbons (Fsp3) is 0.200. The lowest BCUT2D eigenvalue weighted by Gasteiger charge is -2.35. The van der Waals surface area contributed by atoms with Crippen LogP contribution in [0.5, 0.6) is 0 Å². The topological polar surface area (TPSA) is 102 Å². The van der Waals surface area contributed by atoms with Crippen molar-refractivity contribution in [3.8, 4) is 0 Å². The maximum absolute atomic E-state index is 12.8. The van der Waals surface area contributed by atoms with Gasteiger partial charge in [-0.2, -0.15) is 0 Å². The molecule has 1 heterocycles. The van der Waals surface area contributed by atoms with Crippen molar-refractivity contribution in [2.75, 3.05) is 7.11 Å². The third kappa shape index (κ3) is 3.71. The number of carbonyl (C=O) groups is 2. The number of esters is 1. The summed E-state index contributed by atoms with van der Waals surface area (Å²) in [7, 11) is 1.26.